The van der Waals surface area contributed by atoms with Crippen molar-refractivity contribution in [2.75, 3.05) is 6.61 Å². The number of rotatable bonds is 5. The first-order valence-corrected chi connectivity index (χ1v) is 7.59. The van der Waals surface area contributed by atoms with E-state index in [1.807, 2.05) is 43.3 Å². The fraction of sp³-hybridized carbons (Fsp3) is 0.389. The summed E-state index contributed by atoms with van der Waals surface area (Å²) in [7, 11) is 1.77. The minimum absolute atomic E-state index is 0.0546. The minimum atomic E-state index is -0.270. The van der Waals surface area contributed by atoms with E-state index in [4.69, 9.17) is 10.5 Å². The van der Waals surface area contributed by atoms with Gasteiger partial charge < -0.3 is 15.0 Å². The van der Waals surface area contributed by atoms with Gasteiger partial charge in [-0.25, -0.2) is 0 Å². The minimum Gasteiger partial charge on any atom is -0.493 e. The van der Waals surface area contributed by atoms with E-state index >= 15 is 0 Å². The second-order valence-corrected chi connectivity index (χ2v) is 6.06. The van der Waals surface area contributed by atoms with E-state index in [0.29, 0.717) is 18.1 Å². The summed E-state index contributed by atoms with van der Waals surface area (Å²) in [4.78, 5) is 12.4. The van der Waals surface area contributed by atoms with Gasteiger partial charge in [0.1, 0.15) is 5.75 Å². The van der Waals surface area contributed by atoms with E-state index < -0.39 is 0 Å². The maximum Gasteiger partial charge on any atom is 0.255 e. The normalized spacial score (nSPS) is 12.5. The summed E-state index contributed by atoms with van der Waals surface area (Å²) in [5, 5.41) is 0. The first-order chi connectivity index (χ1) is 10.4. The molecule has 0 aliphatic heterocycles. The zero-order valence-electron chi connectivity index (χ0n) is 13.7. The molecule has 2 aromatic rings. The fourth-order valence-corrected chi connectivity index (χ4v) is 2.30. The van der Waals surface area contributed by atoms with Crippen LogP contribution in [0, 0.1) is 5.92 Å². The molecule has 0 saturated carbocycles. The Kier molecular flexibility index (Phi) is 5.03. The van der Waals surface area contributed by atoms with Crippen molar-refractivity contribution in [1.82, 2.24) is 4.57 Å². The molecule has 0 fully saturated rings. The summed E-state index contributed by atoms with van der Waals surface area (Å²) in [5.41, 5.74) is 8.21. The molecule has 118 valence electrons. The van der Waals surface area contributed by atoms with Crippen molar-refractivity contribution in [3.8, 4) is 17.0 Å². The Hall–Kier alpha value is -2.07. The van der Waals surface area contributed by atoms with E-state index in [1.165, 1.54) is 0 Å². The lowest BCUT2D eigenvalue weighted by Crippen LogP contribution is -2.26. The zero-order chi connectivity index (χ0) is 16.3. The van der Waals surface area contributed by atoms with E-state index in [9.17, 15) is 4.79 Å². The third-order valence-electron chi connectivity index (χ3n) is 3.54. The number of nitrogens with two attached hydrogens (primary N) is 1. The van der Waals surface area contributed by atoms with Crippen LogP contribution >= 0.6 is 0 Å². The molecular formula is C18H24N2O2. The molecule has 22 heavy (non-hydrogen) atoms. The summed E-state index contributed by atoms with van der Waals surface area (Å²) in [5.74, 6) is 1.29. The van der Waals surface area contributed by atoms with Gasteiger partial charge >= 0.3 is 0 Å². The van der Waals surface area contributed by atoms with Crippen LogP contribution < -0.4 is 16.0 Å². The Balaban J connectivity index is 2.38. The van der Waals surface area contributed by atoms with Gasteiger partial charge in [0.25, 0.3) is 5.56 Å². The van der Waals surface area contributed by atoms with Crippen LogP contribution in [0.2, 0.25) is 0 Å². The number of pyridine rings is 1. The molecule has 4 nitrogen and oxygen atoms in total. The molecule has 0 bridgehead atoms. The standard InChI is InChI=1S/C18H24N2O2/c1-12(2)11-22-15-7-5-6-14(10-15)17-9-8-16(13(3)19)18(21)20(17)4/h5-10,12-13H,11,19H2,1-4H3. The van der Waals surface area contributed by atoms with Crippen LogP contribution in [0.15, 0.2) is 41.2 Å². The number of aromatic nitrogens is 1. The van der Waals surface area contributed by atoms with Crippen LogP contribution in [0.4, 0.5) is 0 Å². The van der Waals surface area contributed by atoms with Crippen LogP contribution in [0.5, 0.6) is 5.75 Å². The second kappa shape index (κ2) is 6.79. The Morgan fingerprint density at radius 1 is 1.18 bits per heavy atom. The second-order valence-electron chi connectivity index (χ2n) is 6.06. The first kappa shape index (κ1) is 16.3. The Bertz CT molecular complexity index is 702. The number of nitrogens with zero attached hydrogens (tertiary/aromatic N) is 1. The van der Waals surface area contributed by atoms with Gasteiger partial charge in [0.05, 0.1) is 12.3 Å². The molecule has 0 spiro atoms. The monoisotopic (exact) mass is 300 g/mol. The topological polar surface area (TPSA) is 57.2 Å². The fourth-order valence-electron chi connectivity index (χ4n) is 2.30. The van der Waals surface area contributed by atoms with Crippen molar-refractivity contribution in [3.63, 3.8) is 0 Å². The number of benzene rings is 1. The molecule has 1 aromatic carbocycles. The van der Waals surface area contributed by atoms with E-state index in [2.05, 4.69) is 13.8 Å². The Labute approximate surface area is 131 Å². The zero-order valence-corrected chi connectivity index (χ0v) is 13.7. The van der Waals surface area contributed by atoms with Crippen molar-refractivity contribution < 1.29 is 4.74 Å². The smallest absolute Gasteiger partial charge is 0.255 e. The van der Waals surface area contributed by atoms with Gasteiger partial charge in [0.15, 0.2) is 0 Å². The molecule has 0 aliphatic carbocycles. The molecule has 1 atom stereocenters. The van der Waals surface area contributed by atoms with Crippen LogP contribution in [0.1, 0.15) is 32.4 Å². The lowest BCUT2D eigenvalue weighted by atomic mass is 10.1. The maximum absolute atomic E-state index is 12.4. The number of ether oxygens (including phenoxy) is 1. The summed E-state index contributed by atoms with van der Waals surface area (Å²) in [6.45, 7) is 6.71. The molecule has 2 rings (SSSR count). The molecule has 1 aromatic heterocycles. The van der Waals surface area contributed by atoms with Crippen LogP contribution in [-0.2, 0) is 7.05 Å². The molecule has 2 N–H and O–H groups in total. The molecule has 0 radical (unpaired) electrons. The maximum atomic E-state index is 12.4. The Morgan fingerprint density at radius 2 is 1.91 bits per heavy atom. The molecule has 0 saturated heterocycles. The summed E-state index contributed by atoms with van der Waals surface area (Å²) < 4.78 is 7.39. The third kappa shape index (κ3) is 3.57. The SMILES string of the molecule is CC(C)COc1cccc(-c2ccc(C(C)N)c(=O)n2C)c1. The molecule has 1 heterocycles. The van der Waals surface area contributed by atoms with Gasteiger partial charge in [-0.05, 0) is 37.1 Å². The van der Waals surface area contributed by atoms with E-state index in [-0.39, 0.29) is 11.6 Å². The highest BCUT2D eigenvalue weighted by atomic mass is 16.5. The highest BCUT2D eigenvalue weighted by molar-refractivity contribution is 5.62. The molecule has 1 unspecified atom stereocenters. The van der Waals surface area contributed by atoms with Crippen LogP contribution in [0.25, 0.3) is 11.3 Å². The van der Waals surface area contributed by atoms with Crippen molar-refractivity contribution >= 4 is 0 Å². The quantitative estimate of drug-likeness (QED) is 0.923. The average Bonchev–Trinajstić information content (AvgIpc) is 2.47. The van der Waals surface area contributed by atoms with Gasteiger partial charge in [-0.15, -0.1) is 0 Å². The highest BCUT2D eigenvalue weighted by Gasteiger charge is 2.11. The first-order valence-electron chi connectivity index (χ1n) is 7.59. The third-order valence-corrected chi connectivity index (χ3v) is 3.54. The van der Waals surface area contributed by atoms with Crippen molar-refractivity contribution in [1.29, 1.82) is 0 Å². The Morgan fingerprint density at radius 3 is 2.55 bits per heavy atom. The average molecular weight is 300 g/mol. The van der Waals surface area contributed by atoms with Crippen molar-refractivity contribution in [2.45, 2.75) is 26.8 Å². The highest BCUT2D eigenvalue weighted by Crippen LogP contribution is 2.23. The molecule has 0 aliphatic rings. The van der Waals surface area contributed by atoms with Gasteiger partial charge in [-0.2, -0.15) is 0 Å². The van der Waals surface area contributed by atoms with Crippen LogP contribution in [0.3, 0.4) is 0 Å². The predicted octanol–water partition coefficient (Wildman–Crippen LogP) is 3.11. The summed E-state index contributed by atoms with van der Waals surface area (Å²) >= 11 is 0. The predicted molar refractivity (Wildman–Crippen MR) is 90.1 cm³/mol. The van der Waals surface area contributed by atoms with E-state index in [0.717, 1.165) is 17.0 Å². The lowest BCUT2D eigenvalue weighted by molar-refractivity contribution is 0.271. The largest absolute Gasteiger partial charge is 0.493 e. The number of hydrogen-bond donors (Lipinski definition) is 1. The molecule has 4 heteroatoms. The van der Waals surface area contributed by atoms with Crippen molar-refractivity contribution in [3.05, 3.63) is 52.3 Å². The van der Waals surface area contributed by atoms with Gasteiger partial charge in [0, 0.05) is 24.2 Å². The van der Waals surface area contributed by atoms with Crippen molar-refractivity contribution in [2.24, 2.45) is 18.7 Å². The van der Waals surface area contributed by atoms with Gasteiger partial charge in [-0.3, -0.25) is 4.79 Å². The summed E-state index contributed by atoms with van der Waals surface area (Å²) in [6, 6.07) is 11.3. The van der Waals surface area contributed by atoms with E-state index in [1.54, 1.807) is 11.6 Å². The lowest BCUT2D eigenvalue weighted by Gasteiger charge is -2.14. The summed E-state index contributed by atoms with van der Waals surface area (Å²) in [6.07, 6.45) is 0. The van der Waals surface area contributed by atoms with Gasteiger partial charge in [-0.1, -0.05) is 26.0 Å². The van der Waals surface area contributed by atoms with Gasteiger partial charge in [0.2, 0.25) is 0 Å². The number of hydrogen-bond acceptors (Lipinski definition) is 3. The van der Waals surface area contributed by atoms with Crippen LogP contribution in [-0.4, -0.2) is 11.2 Å². The molecular weight excluding hydrogens is 276 g/mol. The molecule has 0 amide bonds.